The van der Waals surface area contributed by atoms with Crippen molar-refractivity contribution in [3.63, 3.8) is 0 Å². The zero-order valence-electron chi connectivity index (χ0n) is 49.9. The third kappa shape index (κ3) is 23.5. The minimum atomic E-state index is -5.11. The molecule has 0 bridgehead atoms. The quantitative estimate of drug-likeness (QED) is 0.0345. The van der Waals surface area contributed by atoms with Crippen molar-refractivity contribution in [3.05, 3.63) is 12.2 Å². The summed E-state index contributed by atoms with van der Waals surface area (Å²) in [6.45, 7) is 3.08. The molecule has 6 saturated heterocycles. The number of amides is 1. The van der Waals surface area contributed by atoms with Gasteiger partial charge in [0.05, 0.1) is 70.7 Å². The van der Waals surface area contributed by atoms with Crippen LogP contribution in [-0.4, -0.2) is 222 Å². The van der Waals surface area contributed by atoms with Gasteiger partial charge in [0.25, 0.3) is 0 Å². The predicted molar refractivity (Wildman–Crippen MR) is 304 cm³/mol. The largest absolute Gasteiger partial charge is 0.472 e. The number of fused-ring (bicyclic) bond motifs is 1. The third-order valence-electron chi connectivity index (χ3n) is 14.5. The maximum Gasteiger partial charge on any atom is 0.472 e. The van der Waals surface area contributed by atoms with E-state index in [2.05, 4.69) is 29.8 Å². The normalized spacial score (nSPS) is 35.1. The number of nitrogens with one attached hydrogen (secondary N) is 2. The van der Waals surface area contributed by atoms with Gasteiger partial charge in [-0.15, -0.1) is 0 Å². The van der Waals surface area contributed by atoms with Crippen LogP contribution in [0.4, 0.5) is 5.82 Å². The number of ether oxygens (including phenoxy) is 6. The highest BCUT2D eigenvalue weighted by molar-refractivity contribution is 7.49. The van der Waals surface area contributed by atoms with Crippen LogP contribution in [0.25, 0.3) is 11.2 Å². The van der Waals surface area contributed by atoms with Gasteiger partial charge in [0.15, 0.2) is 11.5 Å². The zero-order valence-corrected chi connectivity index (χ0v) is 56.1. The van der Waals surface area contributed by atoms with Gasteiger partial charge in [-0.05, 0) is 34.1 Å². The SMILES string of the molecule is CC(=O)NCCCOP(=O)(O)OC1CC(C)OC1COP(=O)(O)OC1CC(C)OC1COP(=O)(O)OC1CC(C)OC1COP(=O)(O)OC1CC(C)OC1COP(=O)(O)OC1CCOC1COP(=O)(O)OC1CC(c2nc3c(N)ncnc3[nH]2)OC1COP(=O)(O)O. The van der Waals surface area contributed by atoms with Gasteiger partial charge in [0, 0.05) is 58.6 Å². The molecule has 41 nitrogen and oxygen atoms in total. The number of phosphoric acid groups is 7. The molecule has 528 valence electrons. The number of hydrogen-bond donors (Lipinski definition) is 11. The van der Waals surface area contributed by atoms with Crippen LogP contribution in [0.2, 0.25) is 0 Å². The van der Waals surface area contributed by atoms with Crippen molar-refractivity contribution in [2.24, 2.45) is 0 Å². The highest BCUT2D eigenvalue weighted by Gasteiger charge is 2.49. The van der Waals surface area contributed by atoms with Crippen LogP contribution in [0, 0.1) is 0 Å². The van der Waals surface area contributed by atoms with Crippen molar-refractivity contribution in [1.29, 1.82) is 0 Å². The Labute approximate surface area is 525 Å². The molecule has 23 atom stereocenters. The number of H-pyrrole nitrogens is 1. The fourth-order valence-electron chi connectivity index (χ4n) is 10.5. The van der Waals surface area contributed by atoms with E-state index >= 15 is 0 Å². The minimum Gasteiger partial charge on any atom is -0.382 e. The molecule has 48 heteroatoms. The average Bonchev–Trinajstić information content (AvgIpc) is 1.65. The first-order valence-electron chi connectivity index (χ1n) is 28.6. The van der Waals surface area contributed by atoms with Crippen molar-refractivity contribution < 1.29 is 163 Å². The van der Waals surface area contributed by atoms with E-state index < -0.39 is 198 Å². The summed E-state index contributed by atoms with van der Waals surface area (Å²) in [4.78, 5) is 109. The summed E-state index contributed by atoms with van der Waals surface area (Å²) < 4.78 is 193. The number of imidazole rings is 1. The van der Waals surface area contributed by atoms with Crippen molar-refractivity contribution in [2.75, 3.05) is 65.1 Å². The van der Waals surface area contributed by atoms with Crippen LogP contribution in [0.1, 0.15) is 91.5 Å². The van der Waals surface area contributed by atoms with E-state index in [4.69, 9.17) is 88.4 Å². The Kier molecular flexibility index (Phi) is 26.6. The van der Waals surface area contributed by atoms with Gasteiger partial charge in [0.2, 0.25) is 5.91 Å². The van der Waals surface area contributed by atoms with Crippen LogP contribution in [0.3, 0.4) is 0 Å². The predicted octanol–water partition coefficient (Wildman–Crippen LogP) is 2.91. The summed E-state index contributed by atoms with van der Waals surface area (Å²) in [6, 6.07) is 0. The summed E-state index contributed by atoms with van der Waals surface area (Å²) in [5.41, 5.74) is 6.28. The van der Waals surface area contributed by atoms with Gasteiger partial charge in [-0.2, -0.15) is 0 Å². The Bertz CT molecular complexity index is 3150. The van der Waals surface area contributed by atoms with E-state index in [1.807, 2.05) is 0 Å². The van der Waals surface area contributed by atoms with Gasteiger partial charge < -0.3 is 83.6 Å². The van der Waals surface area contributed by atoms with Crippen LogP contribution in [-0.2, 0) is 124 Å². The van der Waals surface area contributed by atoms with E-state index in [9.17, 15) is 75.9 Å². The number of carbonyl (C=O) groups is 1. The molecular formula is C44H77N6O35P7. The second-order valence-corrected chi connectivity index (χ2v) is 31.8. The van der Waals surface area contributed by atoms with Crippen molar-refractivity contribution >= 4 is 77.6 Å². The number of rotatable bonds is 36. The smallest absolute Gasteiger partial charge is 0.382 e. The number of hydrogen-bond acceptors (Lipinski definition) is 31. The molecule has 6 aliphatic rings. The lowest BCUT2D eigenvalue weighted by Crippen LogP contribution is -2.32. The molecule has 12 N–H and O–H groups in total. The second-order valence-electron chi connectivity index (χ2n) is 22.2. The van der Waals surface area contributed by atoms with Gasteiger partial charge in [-0.3, -0.25) is 63.6 Å². The summed E-state index contributed by atoms with van der Waals surface area (Å²) >= 11 is 0. The van der Waals surface area contributed by atoms with Gasteiger partial charge in [-0.25, -0.2) is 46.9 Å². The summed E-state index contributed by atoms with van der Waals surface area (Å²) in [5.74, 6) is -0.146. The zero-order chi connectivity index (χ0) is 67.2. The number of aromatic nitrogens is 4. The lowest BCUT2D eigenvalue weighted by atomic mass is 10.1. The lowest BCUT2D eigenvalue weighted by Gasteiger charge is -2.26. The monoisotopic (exact) mass is 1470 g/mol. The van der Waals surface area contributed by atoms with Gasteiger partial charge in [0.1, 0.15) is 97.0 Å². The molecule has 0 aliphatic carbocycles. The molecule has 2 aromatic heterocycles. The van der Waals surface area contributed by atoms with Crippen LogP contribution >= 0.6 is 54.8 Å². The molecule has 0 aromatic carbocycles. The average molecular weight is 1470 g/mol. The molecule has 2 aromatic rings. The number of nitrogens with two attached hydrogens (primary N) is 1. The third-order valence-corrected chi connectivity index (χ3v) is 21.1. The number of phosphoric ester groups is 7. The molecule has 6 aliphatic heterocycles. The molecule has 0 saturated carbocycles. The Morgan fingerprint density at radius 3 is 1.30 bits per heavy atom. The number of carbonyl (C=O) groups excluding carboxylic acids is 1. The molecule has 0 spiro atoms. The number of aromatic amines is 1. The fourth-order valence-corrected chi connectivity index (χ4v) is 16.7. The summed E-state index contributed by atoms with van der Waals surface area (Å²) in [5, 5.41) is 2.51. The molecule has 23 unspecified atom stereocenters. The first-order valence-corrected chi connectivity index (χ1v) is 39.1. The number of nitrogens with zero attached hydrogens (tertiary/aromatic N) is 3. The molecule has 8 heterocycles. The van der Waals surface area contributed by atoms with Crippen molar-refractivity contribution in [2.45, 2.75) is 183 Å². The molecular weight excluding hydrogens is 1390 g/mol. The minimum absolute atomic E-state index is 0.00991. The second kappa shape index (κ2) is 32.1. The maximum atomic E-state index is 13.4. The van der Waals surface area contributed by atoms with E-state index in [0.717, 1.165) is 0 Å². The highest BCUT2D eigenvalue weighted by Crippen LogP contribution is 2.55. The highest BCUT2D eigenvalue weighted by atomic mass is 31.2. The first-order chi connectivity index (χ1) is 42.9. The van der Waals surface area contributed by atoms with Crippen LogP contribution in [0.15, 0.2) is 6.33 Å². The maximum absolute atomic E-state index is 13.4. The molecule has 0 radical (unpaired) electrons. The van der Waals surface area contributed by atoms with Crippen molar-refractivity contribution in [3.8, 4) is 0 Å². The summed E-state index contributed by atoms with van der Waals surface area (Å²) in [7, 11) is -35.0. The first kappa shape index (κ1) is 76.1. The van der Waals surface area contributed by atoms with Crippen LogP contribution in [0.5, 0.6) is 0 Å². The number of nitrogen functional groups attached to an aromatic ring is 1. The Balaban J connectivity index is 0.764. The Morgan fingerprint density at radius 1 is 0.533 bits per heavy atom. The molecule has 92 heavy (non-hydrogen) atoms. The van der Waals surface area contributed by atoms with E-state index in [0.29, 0.717) is 0 Å². The molecule has 1 amide bonds. The van der Waals surface area contributed by atoms with Gasteiger partial charge >= 0.3 is 54.8 Å². The van der Waals surface area contributed by atoms with Crippen molar-refractivity contribution in [1.82, 2.24) is 25.3 Å². The number of anilines is 1. The fraction of sp³-hybridized carbons (Fsp3) is 0.864. The van der Waals surface area contributed by atoms with E-state index in [1.165, 1.54) is 13.3 Å². The van der Waals surface area contributed by atoms with Gasteiger partial charge in [-0.1, -0.05) is 0 Å². The Hall–Kier alpha value is -1.65. The Morgan fingerprint density at radius 2 is 0.902 bits per heavy atom. The topological polar surface area (TPSA) is 566 Å². The molecule has 6 fully saturated rings. The van der Waals surface area contributed by atoms with E-state index in [1.54, 1.807) is 27.7 Å². The summed E-state index contributed by atoms with van der Waals surface area (Å²) in [6.07, 6.45) is -17.6. The lowest BCUT2D eigenvalue weighted by molar-refractivity contribution is -0.119. The van der Waals surface area contributed by atoms with E-state index in [-0.39, 0.29) is 93.4 Å². The van der Waals surface area contributed by atoms with Crippen LogP contribution < -0.4 is 11.1 Å². The standard InChI is InChI=1S/C44H77N6O35P7/c1-23-11-29(81-87(55,56)68-9-6-8-46-27(5)51)36(75-23)19-72-90(61,62)83-31-13-25(3)77-38(31)21-74-92(65,66)84-32-14-26(4)78-39(32)20-73-91(63,64)82-30-12-24(2)76-37(30)18-71-88(57,58)80-28-7-10-67-35(28)16-70-89(59,60)85-33-15-34(79-40(33)17-69-86(52,53)54)43-49-41-42(45)47-22-48-44(41)50-43/h22-26,28-40H,6-21H2,1-5H3,(H,46,51)(H,55,56)(H,57,58)(H,59,60)(H,61,62)(H,63,64)(H,65,66)(H2,52,53,54)(H3,45,47,48,49,50). The molecule has 8 rings (SSSR count).